The molecule has 0 saturated carbocycles. The summed E-state index contributed by atoms with van der Waals surface area (Å²) in [6.07, 6.45) is 0. The number of hydrogen-bond acceptors (Lipinski definition) is 4. The van der Waals surface area contributed by atoms with Crippen molar-refractivity contribution in [1.82, 2.24) is 9.88 Å². The smallest absolute Gasteiger partial charge is 0.323 e. The summed E-state index contributed by atoms with van der Waals surface area (Å²) in [5.41, 5.74) is 0.997. The van der Waals surface area contributed by atoms with E-state index in [-0.39, 0.29) is 18.8 Å². The van der Waals surface area contributed by atoms with Crippen LogP contribution in [-0.4, -0.2) is 40.0 Å². The Kier molecular flexibility index (Phi) is 4.38. The summed E-state index contributed by atoms with van der Waals surface area (Å²) < 4.78 is 0. The van der Waals surface area contributed by atoms with Gasteiger partial charge in [0.25, 0.3) is 5.91 Å². The van der Waals surface area contributed by atoms with E-state index in [1.807, 2.05) is 6.07 Å². The van der Waals surface area contributed by atoms with Gasteiger partial charge in [-0.3, -0.25) is 9.59 Å². The molecule has 18 heavy (non-hydrogen) atoms. The van der Waals surface area contributed by atoms with Crippen LogP contribution in [0.15, 0.2) is 12.1 Å². The molecule has 6 nitrogen and oxygen atoms in total. The number of nitrogens with zero attached hydrogens (tertiary/aromatic N) is 3. The third-order valence-electron chi connectivity index (χ3n) is 2.42. The molecule has 0 aromatic carbocycles. The summed E-state index contributed by atoms with van der Waals surface area (Å²) in [4.78, 5) is 27.8. The van der Waals surface area contributed by atoms with E-state index >= 15 is 0 Å². The number of amides is 1. The number of pyridine rings is 1. The number of aliphatic carboxylic acids is 1. The van der Waals surface area contributed by atoms with Crippen molar-refractivity contribution >= 4 is 11.9 Å². The van der Waals surface area contributed by atoms with Crippen molar-refractivity contribution in [3.05, 3.63) is 29.1 Å². The van der Waals surface area contributed by atoms with Crippen LogP contribution < -0.4 is 0 Å². The molecule has 1 aromatic rings. The largest absolute Gasteiger partial charge is 0.480 e. The SMILES string of the molecule is CCN(CC(=O)O)C(=O)c1ccc(C#N)c(C)n1. The first-order valence-electron chi connectivity index (χ1n) is 5.38. The fraction of sp³-hybridized carbons (Fsp3) is 0.333. The number of rotatable bonds is 4. The normalized spacial score (nSPS) is 9.61. The molecule has 0 aliphatic rings. The molecule has 0 saturated heterocycles. The number of aryl methyl sites for hydroxylation is 1. The van der Waals surface area contributed by atoms with Gasteiger partial charge >= 0.3 is 5.97 Å². The standard InChI is InChI=1S/C12H13N3O3/c1-3-15(7-11(16)17)12(18)10-5-4-9(6-13)8(2)14-10/h4-5H,3,7H2,1-2H3,(H,16,17). The van der Waals surface area contributed by atoms with E-state index in [0.29, 0.717) is 11.3 Å². The average molecular weight is 247 g/mol. The Balaban J connectivity index is 2.99. The second kappa shape index (κ2) is 5.77. The summed E-state index contributed by atoms with van der Waals surface area (Å²) >= 11 is 0. The lowest BCUT2D eigenvalue weighted by atomic mass is 10.2. The highest BCUT2D eigenvalue weighted by molar-refractivity contribution is 5.94. The minimum Gasteiger partial charge on any atom is -0.480 e. The van der Waals surface area contributed by atoms with E-state index in [0.717, 1.165) is 0 Å². The van der Waals surface area contributed by atoms with Crippen LogP contribution in [0.25, 0.3) is 0 Å². The number of carbonyl (C=O) groups excluding carboxylic acids is 1. The monoisotopic (exact) mass is 247 g/mol. The van der Waals surface area contributed by atoms with Crippen molar-refractivity contribution in [2.24, 2.45) is 0 Å². The summed E-state index contributed by atoms with van der Waals surface area (Å²) in [6, 6.07) is 4.89. The zero-order valence-electron chi connectivity index (χ0n) is 10.2. The first kappa shape index (κ1) is 13.6. The highest BCUT2D eigenvalue weighted by Gasteiger charge is 2.18. The van der Waals surface area contributed by atoms with Gasteiger partial charge in [-0.2, -0.15) is 5.26 Å². The zero-order valence-corrected chi connectivity index (χ0v) is 10.2. The van der Waals surface area contributed by atoms with Gasteiger partial charge in [0.05, 0.1) is 11.3 Å². The summed E-state index contributed by atoms with van der Waals surface area (Å²) in [5, 5.41) is 17.4. The molecule has 6 heteroatoms. The van der Waals surface area contributed by atoms with E-state index in [9.17, 15) is 9.59 Å². The van der Waals surface area contributed by atoms with Gasteiger partial charge in [0.2, 0.25) is 0 Å². The predicted octanol–water partition coefficient (Wildman–Crippen LogP) is 0.808. The molecule has 1 amide bonds. The quantitative estimate of drug-likeness (QED) is 0.849. The second-order valence-electron chi connectivity index (χ2n) is 3.65. The molecule has 1 rings (SSSR count). The van der Waals surface area contributed by atoms with Crippen LogP contribution in [0.2, 0.25) is 0 Å². The number of hydrogen-bond donors (Lipinski definition) is 1. The van der Waals surface area contributed by atoms with E-state index in [1.165, 1.54) is 17.0 Å². The molecular weight excluding hydrogens is 234 g/mol. The van der Waals surface area contributed by atoms with Crippen LogP contribution in [-0.2, 0) is 4.79 Å². The maximum absolute atomic E-state index is 12.0. The van der Waals surface area contributed by atoms with E-state index in [1.54, 1.807) is 13.8 Å². The summed E-state index contributed by atoms with van der Waals surface area (Å²) in [7, 11) is 0. The predicted molar refractivity (Wildman–Crippen MR) is 62.9 cm³/mol. The van der Waals surface area contributed by atoms with Gasteiger partial charge < -0.3 is 10.0 Å². The van der Waals surface area contributed by atoms with Gasteiger partial charge in [0, 0.05) is 6.54 Å². The Bertz CT molecular complexity index is 520. The molecule has 1 aromatic heterocycles. The first-order chi connectivity index (χ1) is 8.49. The lowest BCUT2D eigenvalue weighted by Crippen LogP contribution is -2.36. The van der Waals surface area contributed by atoms with E-state index < -0.39 is 11.9 Å². The fourth-order valence-corrected chi connectivity index (χ4v) is 1.45. The molecule has 0 spiro atoms. The second-order valence-corrected chi connectivity index (χ2v) is 3.65. The van der Waals surface area contributed by atoms with E-state index in [4.69, 9.17) is 10.4 Å². The van der Waals surface area contributed by atoms with Gasteiger partial charge in [-0.1, -0.05) is 0 Å². The number of carboxylic acid groups (broad SMARTS) is 1. The van der Waals surface area contributed by atoms with Crippen molar-refractivity contribution in [3.63, 3.8) is 0 Å². The highest BCUT2D eigenvalue weighted by atomic mass is 16.4. The van der Waals surface area contributed by atoms with Crippen molar-refractivity contribution in [3.8, 4) is 6.07 Å². The number of carboxylic acids is 1. The van der Waals surface area contributed by atoms with Crippen molar-refractivity contribution in [2.45, 2.75) is 13.8 Å². The van der Waals surface area contributed by atoms with Crippen LogP contribution in [0.4, 0.5) is 0 Å². The van der Waals surface area contributed by atoms with E-state index in [2.05, 4.69) is 4.98 Å². The molecule has 0 atom stereocenters. The number of nitriles is 1. The van der Waals surface area contributed by atoms with Gasteiger partial charge in [0.15, 0.2) is 0 Å². The average Bonchev–Trinajstić information content (AvgIpc) is 2.34. The summed E-state index contributed by atoms with van der Waals surface area (Å²) in [6.45, 7) is 3.24. The molecule has 0 unspecified atom stereocenters. The van der Waals surface area contributed by atoms with Gasteiger partial charge in [0.1, 0.15) is 18.3 Å². The molecule has 1 N–H and O–H groups in total. The van der Waals surface area contributed by atoms with Crippen molar-refractivity contribution in [2.75, 3.05) is 13.1 Å². The third kappa shape index (κ3) is 3.04. The minimum absolute atomic E-state index is 0.148. The third-order valence-corrected chi connectivity index (χ3v) is 2.42. The first-order valence-corrected chi connectivity index (χ1v) is 5.38. The van der Waals surface area contributed by atoms with Crippen LogP contribution in [0.5, 0.6) is 0 Å². The van der Waals surface area contributed by atoms with Crippen LogP contribution >= 0.6 is 0 Å². The van der Waals surface area contributed by atoms with Crippen LogP contribution in [0.1, 0.15) is 28.7 Å². The minimum atomic E-state index is -1.07. The maximum atomic E-state index is 12.0. The Labute approximate surface area is 104 Å². The zero-order chi connectivity index (χ0) is 13.7. The molecule has 1 heterocycles. The molecule has 0 bridgehead atoms. The molecule has 94 valence electrons. The van der Waals surface area contributed by atoms with Gasteiger partial charge in [-0.05, 0) is 26.0 Å². The molecule has 0 fully saturated rings. The lowest BCUT2D eigenvalue weighted by molar-refractivity contribution is -0.137. The van der Waals surface area contributed by atoms with Crippen molar-refractivity contribution in [1.29, 1.82) is 5.26 Å². The Morgan fingerprint density at radius 3 is 2.61 bits per heavy atom. The van der Waals surface area contributed by atoms with Gasteiger partial charge in [-0.25, -0.2) is 4.98 Å². The number of carbonyl (C=O) groups is 2. The Morgan fingerprint density at radius 1 is 1.50 bits per heavy atom. The highest BCUT2D eigenvalue weighted by Crippen LogP contribution is 2.08. The molecule has 0 aliphatic heterocycles. The lowest BCUT2D eigenvalue weighted by Gasteiger charge is -2.18. The maximum Gasteiger partial charge on any atom is 0.323 e. The molecule has 0 aliphatic carbocycles. The number of aromatic nitrogens is 1. The molecular formula is C12H13N3O3. The fourth-order valence-electron chi connectivity index (χ4n) is 1.45. The van der Waals surface area contributed by atoms with Crippen molar-refractivity contribution < 1.29 is 14.7 Å². The summed E-state index contributed by atoms with van der Waals surface area (Å²) in [5.74, 6) is -1.52. The Hall–Kier alpha value is -2.42. The topological polar surface area (TPSA) is 94.3 Å². The van der Waals surface area contributed by atoms with Crippen LogP contribution in [0.3, 0.4) is 0 Å². The Morgan fingerprint density at radius 2 is 2.17 bits per heavy atom. The number of likely N-dealkylation sites (N-methyl/N-ethyl adjacent to an activating group) is 1. The molecule has 0 radical (unpaired) electrons. The van der Waals surface area contributed by atoms with Gasteiger partial charge in [-0.15, -0.1) is 0 Å². The van der Waals surface area contributed by atoms with Crippen LogP contribution in [0, 0.1) is 18.3 Å².